The molecule has 4 rings (SSSR count). The number of benzene rings is 1. The zero-order valence-electron chi connectivity index (χ0n) is 13.0. The van der Waals surface area contributed by atoms with Gasteiger partial charge >= 0.3 is 0 Å². The average molecular weight is 368 g/mol. The number of carbonyl (C=O) groups excluding carboxylic acids is 1. The van der Waals surface area contributed by atoms with Crippen molar-refractivity contribution in [1.29, 1.82) is 0 Å². The Morgan fingerprint density at radius 1 is 1.25 bits per heavy atom. The number of nitrogens with zero attached hydrogens (tertiary/aromatic N) is 2. The van der Waals surface area contributed by atoms with Crippen LogP contribution >= 0.6 is 24.0 Å². The number of aromatic nitrogens is 1. The van der Waals surface area contributed by atoms with Crippen LogP contribution in [-0.2, 0) is 0 Å². The average Bonchev–Trinajstić information content (AvgIpc) is 3.25. The van der Waals surface area contributed by atoms with Gasteiger partial charge in [0.1, 0.15) is 0 Å². The van der Waals surface area contributed by atoms with Crippen molar-refractivity contribution in [2.24, 2.45) is 17.6 Å². The molecule has 0 radical (unpaired) electrons. The summed E-state index contributed by atoms with van der Waals surface area (Å²) in [7, 11) is 0. The Labute approximate surface area is 151 Å². The molecule has 2 fully saturated rings. The maximum atomic E-state index is 12.6. The highest BCUT2D eigenvalue weighted by atomic mass is 35.5. The number of rotatable bonds is 2. The number of hydrogen-bond acceptors (Lipinski definition) is 4. The first-order chi connectivity index (χ1) is 11.1. The molecule has 2 aliphatic rings. The van der Waals surface area contributed by atoms with E-state index in [1.165, 1.54) is 0 Å². The molecule has 1 aromatic heterocycles. The largest absolute Gasteiger partial charge is 0.355 e. The molecule has 5 nitrogen and oxygen atoms in total. The summed E-state index contributed by atoms with van der Waals surface area (Å²) in [6.45, 7) is 1.51. The van der Waals surface area contributed by atoms with E-state index in [1.54, 1.807) is 18.2 Å². The summed E-state index contributed by atoms with van der Waals surface area (Å²) in [5, 5.41) is 4.60. The lowest BCUT2D eigenvalue weighted by Crippen LogP contribution is -2.33. The molecule has 3 atom stereocenters. The summed E-state index contributed by atoms with van der Waals surface area (Å²) < 4.78 is 5.32. The maximum absolute atomic E-state index is 12.6. The second-order valence-corrected chi connectivity index (χ2v) is 6.90. The van der Waals surface area contributed by atoms with Crippen molar-refractivity contribution in [3.63, 3.8) is 0 Å². The van der Waals surface area contributed by atoms with Gasteiger partial charge in [-0.05, 0) is 48.9 Å². The molecule has 1 amide bonds. The fraction of sp³-hybridized carbons (Fsp3) is 0.412. The van der Waals surface area contributed by atoms with Crippen LogP contribution in [0.25, 0.3) is 11.3 Å². The van der Waals surface area contributed by atoms with Gasteiger partial charge in [0.2, 0.25) is 0 Å². The van der Waals surface area contributed by atoms with Crippen LogP contribution in [0.1, 0.15) is 23.3 Å². The maximum Gasteiger partial charge on any atom is 0.276 e. The molecular weight excluding hydrogens is 349 g/mol. The van der Waals surface area contributed by atoms with Crippen molar-refractivity contribution < 1.29 is 9.32 Å². The van der Waals surface area contributed by atoms with E-state index in [-0.39, 0.29) is 24.4 Å². The van der Waals surface area contributed by atoms with Gasteiger partial charge in [0.15, 0.2) is 11.5 Å². The Balaban J connectivity index is 0.00000169. The van der Waals surface area contributed by atoms with Crippen LogP contribution in [0.15, 0.2) is 34.9 Å². The lowest BCUT2D eigenvalue weighted by atomic mass is 9.98. The van der Waals surface area contributed by atoms with Gasteiger partial charge in [0.25, 0.3) is 5.91 Å². The molecule has 0 spiro atoms. The Bertz CT molecular complexity index is 732. The minimum Gasteiger partial charge on any atom is -0.355 e. The van der Waals surface area contributed by atoms with Gasteiger partial charge in [0, 0.05) is 35.8 Å². The molecule has 3 unspecified atom stereocenters. The van der Waals surface area contributed by atoms with Crippen molar-refractivity contribution in [1.82, 2.24) is 10.1 Å². The van der Waals surface area contributed by atoms with Gasteiger partial charge in [-0.1, -0.05) is 16.8 Å². The first-order valence-corrected chi connectivity index (χ1v) is 8.27. The van der Waals surface area contributed by atoms with E-state index in [0.717, 1.165) is 31.5 Å². The summed E-state index contributed by atoms with van der Waals surface area (Å²) >= 11 is 5.88. The fourth-order valence-electron chi connectivity index (χ4n) is 3.76. The quantitative estimate of drug-likeness (QED) is 0.884. The van der Waals surface area contributed by atoms with Crippen LogP contribution < -0.4 is 5.73 Å². The Morgan fingerprint density at radius 2 is 2.00 bits per heavy atom. The molecule has 2 aromatic rings. The number of nitrogens with two attached hydrogens (primary N) is 1. The molecular formula is C17H19Cl2N3O2. The predicted octanol–water partition coefficient (Wildman–Crippen LogP) is 3.23. The van der Waals surface area contributed by atoms with E-state index in [4.69, 9.17) is 21.9 Å². The highest BCUT2D eigenvalue weighted by molar-refractivity contribution is 6.30. The first-order valence-electron chi connectivity index (χ1n) is 7.89. The minimum absolute atomic E-state index is 0. The van der Waals surface area contributed by atoms with E-state index in [2.05, 4.69) is 5.16 Å². The van der Waals surface area contributed by atoms with Crippen molar-refractivity contribution in [2.75, 3.05) is 13.1 Å². The number of carbonyl (C=O) groups is 1. The fourth-order valence-corrected chi connectivity index (χ4v) is 3.89. The normalized spacial score (nSPS) is 25.4. The van der Waals surface area contributed by atoms with Gasteiger partial charge in [-0.3, -0.25) is 4.79 Å². The SMILES string of the molecule is Cl.NC1CCC2CN(C(=O)c3cc(-c4ccc(Cl)cc4)on3)CC12. The molecule has 1 aliphatic heterocycles. The number of likely N-dealkylation sites (tertiary alicyclic amines) is 1. The van der Waals surface area contributed by atoms with Crippen LogP contribution in [0, 0.1) is 11.8 Å². The highest BCUT2D eigenvalue weighted by Gasteiger charge is 2.43. The van der Waals surface area contributed by atoms with Crippen LogP contribution in [0.5, 0.6) is 0 Å². The number of fused-ring (bicyclic) bond motifs is 1. The highest BCUT2D eigenvalue weighted by Crippen LogP contribution is 2.37. The summed E-state index contributed by atoms with van der Waals surface area (Å²) in [6, 6.07) is 9.17. The molecule has 1 saturated heterocycles. The van der Waals surface area contributed by atoms with Gasteiger partial charge in [-0.15, -0.1) is 12.4 Å². The minimum atomic E-state index is -0.0736. The van der Waals surface area contributed by atoms with Gasteiger partial charge in [0.05, 0.1) is 0 Å². The third kappa shape index (κ3) is 3.04. The van der Waals surface area contributed by atoms with Crippen LogP contribution in [0.2, 0.25) is 5.02 Å². The van der Waals surface area contributed by atoms with Crippen molar-refractivity contribution in [3.8, 4) is 11.3 Å². The molecule has 1 saturated carbocycles. The van der Waals surface area contributed by atoms with E-state index in [0.29, 0.717) is 28.3 Å². The van der Waals surface area contributed by atoms with Crippen molar-refractivity contribution in [2.45, 2.75) is 18.9 Å². The summed E-state index contributed by atoms with van der Waals surface area (Å²) in [4.78, 5) is 14.5. The smallest absolute Gasteiger partial charge is 0.276 e. The number of hydrogen-bond donors (Lipinski definition) is 1. The summed E-state index contributed by atoms with van der Waals surface area (Å²) in [5.41, 5.74) is 7.33. The third-order valence-corrected chi connectivity index (χ3v) is 5.31. The van der Waals surface area contributed by atoms with Crippen molar-refractivity contribution in [3.05, 3.63) is 41.0 Å². The number of halogens is 2. The molecule has 1 aliphatic carbocycles. The molecule has 2 heterocycles. The van der Waals surface area contributed by atoms with Crippen LogP contribution in [-0.4, -0.2) is 35.1 Å². The molecule has 1 aromatic carbocycles. The van der Waals surface area contributed by atoms with E-state index < -0.39 is 0 Å². The van der Waals surface area contributed by atoms with Crippen molar-refractivity contribution >= 4 is 29.9 Å². The zero-order valence-corrected chi connectivity index (χ0v) is 14.6. The third-order valence-electron chi connectivity index (χ3n) is 5.06. The molecule has 2 N–H and O–H groups in total. The first kappa shape index (κ1) is 17.3. The van der Waals surface area contributed by atoms with Crippen LogP contribution in [0.3, 0.4) is 0 Å². The predicted molar refractivity (Wildman–Crippen MR) is 94.3 cm³/mol. The molecule has 7 heteroatoms. The topological polar surface area (TPSA) is 72.4 Å². The molecule has 0 bridgehead atoms. The van der Waals surface area contributed by atoms with Gasteiger partial charge in [-0.2, -0.15) is 0 Å². The van der Waals surface area contributed by atoms with E-state index in [9.17, 15) is 4.79 Å². The Morgan fingerprint density at radius 3 is 2.71 bits per heavy atom. The lowest BCUT2D eigenvalue weighted by molar-refractivity contribution is 0.0769. The zero-order chi connectivity index (χ0) is 16.0. The Kier molecular flexibility index (Phi) is 4.85. The molecule has 24 heavy (non-hydrogen) atoms. The second kappa shape index (κ2) is 6.75. The molecule has 128 valence electrons. The summed E-state index contributed by atoms with van der Waals surface area (Å²) in [6.07, 6.45) is 2.19. The second-order valence-electron chi connectivity index (χ2n) is 6.46. The standard InChI is InChI=1S/C17H18ClN3O2.ClH/c18-12-4-1-10(2-5-12)16-7-15(20-23-16)17(22)21-8-11-3-6-14(19)13(11)9-21;/h1-2,4-5,7,11,13-14H,3,6,8-9,19H2;1H. The number of amides is 1. The van der Waals surface area contributed by atoms with Gasteiger partial charge in [-0.25, -0.2) is 0 Å². The Hall–Kier alpha value is -1.56. The van der Waals surface area contributed by atoms with E-state index in [1.807, 2.05) is 17.0 Å². The van der Waals surface area contributed by atoms with E-state index >= 15 is 0 Å². The van der Waals surface area contributed by atoms with Crippen LogP contribution in [0.4, 0.5) is 0 Å². The monoisotopic (exact) mass is 367 g/mol. The van der Waals surface area contributed by atoms with Gasteiger partial charge < -0.3 is 15.2 Å². The summed E-state index contributed by atoms with van der Waals surface area (Å²) in [5.74, 6) is 1.47. The lowest BCUT2D eigenvalue weighted by Gasteiger charge is -2.17.